The molecule has 2 rings (SSSR count). The minimum atomic E-state index is 0.315. The maximum Gasteiger partial charge on any atom is 0.136 e. The van der Waals surface area contributed by atoms with Crippen LogP contribution in [-0.2, 0) is 4.79 Å². The second-order valence-corrected chi connectivity index (χ2v) is 6.32. The number of hydrogen-bond donors (Lipinski definition) is 0. The first kappa shape index (κ1) is 11.9. The predicted molar refractivity (Wildman–Crippen MR) is 67.2 cm³/mol. The highest BCUT2D eigenvalue weighted by molar-refractivity contribution is 5.81. The lowest BCUT2D eigenvalue weighted by atomic mass is 9.74. The van der Waals surface area contributed by atoms with Crippen molar-refractivity contribution in [2.24, 2.45) is 23.2 Å². The first-order valence-corrected chi connectivity index (χ1v) is 6.69. The molecule has 16 heavy (non-hydrogen) atoms. The van der Waals surface area contributed by atoms with Gasteiger partial charge in [-0.05, 0) is 36.5 Å². The number of carbonyl (C=O) groups is 1. The molecule has 1 saturated carbocycles. The summed E-state index contributed by atoms with van der Waals surface area (Å²) < 4.78 is 0. The molecule has 90 valence electrons. The van der Waals surface area contributed by atoms with Gasteiger partial charge in [0.2, 0.25) is 0 Å². The van der Waals surface area contributed by atoms with Gasteiger partial charge in [0.05, 0.1) is 0 Å². The Labute approximate surface area is 99.3 Å². The lowest BCUT2D eigenvalue weighted by Crippen LogP contribution is -2.24. The third kappa shape index (κ3) is 1.85. The molecule has 0 aromatic carbocycles. The van der Waals surface area contributed by atoms with E-state index in [-0.39, 0.29) is 0 Å². The van der Waals surface area contributed by atoms with Crippen LogP contribution in [0.1, 0.15) is 53.4 Å². The lowest BCUT2D eigenvalue weighted by molar-refractivity contribution is -0.123. The van der Waals surface area contributed by atoms with Gasteiger partial charge in [-0.3, -0.25) is 4.79 Å². The number of rotatable bonds is 2. The van der Waals surface area contributed by atoms with Gasteiger partial charge in [0, 0.05) is 12.3 Å². The Morgan fingerprint density at radius 3 is 2.81 bits per heavy atom. The largest absolute Gasteiger partial charge is 0.299 e. The summed E-state index contributed by atoms with van der Waals surface area (Å²) in [5.74, 6) is 2.22. The van der Waals surface area contributed by atoms with Crippen molar-refractivity contribution in [2.75, 3.05) is 0 Å². The van der Waals surface area contributed by atoms with E-state index in [2.05, 4.69) is 26.8 Å². The van der Waals surface area contributed by atoms with Crippen molar-refractivity contribution in [3.8, 4) is 0 Å². The minimum absolute atomic E-state index is 0.315. The summed E-state index contributed by atoms with van der Waals surface area (Å²) in [4.78, 5) is 11.8. The Bertz CT molecular complexity index is 324. The van der Waals surface area contributed by atoms with Crippen molar-refractivity contribution < 1.29 is 4.79 Å². The van der Waals surface area contributed by atoms with Crippen LogP contribution in [0.3, 0.4) is 0 Å². The molecule has 0 saturated heterocycles. The van der Waals surface area contributed by atoms with E-state index in [4.69, 9.17) is 0 Å². The molecular formula is C15H24O. The fraction of sp³-hybridized carbons (Fsp3) is 0.800. The number of allylic oxidation sites excluding steroid dienone is 2. The molecule has 0 N–H and O–H groups in total. The first-order valence-electron chi connectivity index (χ1n) is 6.69. The molecule has 2 aliphatic carbocycles. The molecule has 0 radical (unpaired) electrons. The number of ketones is 1. The van der Waals surface area contributed by atoms with Crippen molar-refractivity contribution in [1.29, 1.82) is 0 Å². The zero-order valence-electron chi connectivity index (χ0n) is 11.0. The summed E-state index contributed by atoms with van der Waals surface area (Å²) in [5, 5.41) is 0. The van der Waals surface area contributed by atoms with Crippen LogP contribution in [0.5, 0.6) is 0 Å². The van der Waals surface area contributed by atoms with E-state index in [9.17, 15) is 4.79 Å². The number of Topliss-reactive ketones (excluding diaryl/α,β-unsaturated/α-hetero) is 1. The topological polar surface area (TPSA) is 17.1 Å². The van der Waals surface area contributed by atoms with E-state index in [1.807, 2.05) is 6.92 Å². The number of hydrogen-bond acceptors (Lipinski definition) is 1. The SMILES string of the molecule is CCC(=O)C1CC=C2C(C1)C(C)CC2(C)C. The molecule has 0 aromatic heterocycles. The highest BCUT2D eigenvalue weighted by Crippen LogP contribution is 2.54. The molecular weight excluding hydrogens is 196 g/mol. The summed E-state index contributed by atoms with van der Waals surface area (Å²) in [6, 6.07) is 0. The summed E-state index contributed by atoms with van der Waals surface area (Å²) in [6.45, 7) is 9.06. The summed E-state index contributed by atoms with van der Waals surface area (Å²) in [5.41, 5.74) is 2.02. The van der Waals surface area contributed by atoms with Crippen molar-refractivity contribution >= 4 is 5.78 Å². The normalized spacial score (nSPS) is 36.8. The number of carbonyl (C=O) groups excluding carboxylic acids is 1. The van der Waals surface area contributed by atoms with Crippen LogP contribution in [0.25, 0.3) is 0 Å². The standard InChI is InChI=1S/C15H24O/c1-5-14(16)11-6-7-13-12(8-11)10(2)9-15(13,3)4/h7,10-12H,5-6,8-9H2,1-4H3. The van der Waals surface area contributed by atoms with Crippen LogP contribution >= 0.6 is 0 Å². The molecule has 1 heteroatoms. The van der Waals surface area contributed by atoms with Gasteiger partial charge in [-0.15, -0.1) is 0 Å². The second kappa shape index (κ2) is 4.01. The third-order valence-corrected chi connectivity index (χ3v) is 4.66. The monoisotopic (exact) mass is 220 g/mol. The minimum Gasteiger partial charge on any atom is -0.299 e. The van der Waals surface area contributed by atoms with Gasteiger partial charge in [-0.1, -0.05) is 39.3 Å². The Balaban J connectivity index is 2.19. The average Bonchev–Trinajstić information content (AvgIpc) is 2.48. The molecule has 1 nitrogen and oxygen atoms in total. The van der Waals surface area contributed by atoms with Gasteiger partial charge < -0.3 is 0 Å². The Kier molecular flexibility index (Phi) is 2.98. The van der Waals surface area contributed by atoms with Crippen LogP contribution in [0.2, 0.25) is 0 Å². The Morgan fingerprint density at radius 1 is 1.50 bits per heavy atom. The van der Waals surface area contributed by atoms with E-state index in [1.54, 1.807) is 5.57 Å². The average molecular weight is 220 g/mol. The quantitative estimate of drug-likeness (QED) is 0.643. The zero-order valence-corrected chi connectivity index (χ0v) is 11.0. The maximum atomic E-state index is 11.8. The number of fused-ring (bicyclic) bond motifs is 1. The molecule has 0 spiro atoms. The smallest absolute Gasteiger partial charge is 0.136 e. The fourth-order valence-corrected chi connectivity index (χ4v) is 3.88. The van der Waals surface area contributed by atoms with Crippen molar-refractivity contribution in [2.45, 2.75) is 53.4 Å². The van der Waals surface area contributed by atoms with Gasteiger partial charge in [0.1, 0.15) is 5.78 Å². The summed E-state index contributed by atoms with van der Waals surface area (Å²) in [6.07, 6.45) is 6.49. The van der Waals surface area contributed by atoms with E-state index in [0.717, 1.165) is 18.8 Å². The van der Waals surface area contributed by atoms with Crippen LogP contribution in [0, 0.1) is 23.2 Å². The molecule has 0 bridgehead atoms. The van der Waals surface area contributed by atoms with Gasteiger partial charge in [-0.2, -0.15) is 0 Å². The molecule has 2 aliphatic rings. The van der Waals surface area contributed by atoms with Crippen LogP contribution < -0.4 is 0 Å². The summed E-state index contributed by atoms with van der Waals surface area (Å²) >= 11 is 0. The molecule has 3 atom stereocenters. The van der Waals surface area contributed by atoms with Crippen molar-refractivity contribution in [3.05, 3.63) is 11.6 Å². The van der Waals surface area contributed by atoms with Gasteiger partial charge in [-0.25, -0.2) is 0 Å². The van der Waals surface area contributed by atoms with Crippen molar-refractivity contribution in [1.82, 2.24) is 0 Å². The van der Waals surface area contributed by atoms with E-state index < -0.39 is 0 Å². The zero-order chi connectivity index (χ0) is 11.9. The van der Waals surface area contributed by atoms with Crippen LogP contribution in [-0.4, -0.2) is 5.78 Å². The van der Waals surface area contributed by atoms with Gasteiger partial charge >= 0.3 is 0 Å². The van der Waals surface area contributed by atoms with Gasteiger partial charge in [0.15, 0.2) is 0 Å². The third-order valence-electron chi connectivity index (χ3n) is 4.66. The van der Waals surface area contributed by atoms with Crippen LogP contribution in [0.4, 0.5) is 0 Å². The van der Waals surface area contributed by atoms with Crippen LogP contribution in [0.15, 0.2) is 11.6 Å². The molecule has 0 heterocycles. The molecule has 3 unspecified atom stereocenters. The Morgan fingerprint density at radius 2 is 2.19 bits per heavy atom. The Hall–Kier alpha value is -0.590. The highest BCUT2D eigenvalue weighted by Gasteiger charge is 2.44. The fourth-order valence-electron chi connectivity index (χ4n) is 3.88. The predicted octanol–water partition coefficient (Wildman–Crippen LogP) is 3.98. The van der Waals surface area contributed by atoms with E-state index in [1.165, 1.54) is 6.42 Å². The van der Waals surface area contributed by atoms with E-state index in [0.29, 0.717) is 29.5 Å². The summed E-state index contributed by atoms with van der Waals surface area (Å²) in [7, 11) is 0. The highest BCUT2D eigenvalue weighted by atomic mass is 16.1. The first-order chi connectivity index (χ1) is 7.45. The molecule has 0 amide bonds. The molecule has 0 aliphatic heterocycles. The van der Waals surface area contributed by atoms with E-state index >= 15 is 0 Å². The van der Waals surface area contributed by atoms with Gasteiger partial charge in [0.25, 0.3) is 0 Å². The molecule has 0 aromatic rings. The second-order valence-electron chi connectivity index (χ2n) is 6.32. The maximum absolute atomic E-state index is 11.8. The van der Waals surface area contributed by atoms with Crippen molar-refractivity contribution in [3.63, 3.8) is 0 Å². The molecule has 1 fully saturated rings. The lowest BCUT2D eigenvalue weighted by Gasteiger charge is -2.30.